The molecule has 0 N–H and O–H groups in total. The molecule has 0 bridgehead atoms. The summed E-state index contributed by atoms with van der Waals surface area (Å²) in [6.07, 6.45) is 1.72. The Morgan fingerprint density at radius 1 is 1.09 bits per heavy atom. The summed E-state index contributed by atoms with van der Waals surface area (Å²) in [6, 6.07) is 12.6. The third kappa shape index (κ3) is 2.33. The van der Waals surface area contributed by atoms with Crippen molar-refractivity contribution in [3.05, 3.63) is 64.4 Å². The van der Waals surface area contributed by atoms with Crippen molar-refractivity contribution in [2.24, 2.45) is 0 Å². The van der Waals surface area contributed by atoms with Crippen molar-refractivity contribution in [2.45, 2.75) is 0 Å². The van der Waals surface area contributed by atoms with Gasteiger partial charge in [-0.25, -0.2) is 4.98 Å². The van der Waals surface area contributed by atoms with Crippen LogP contribution >= 0.6 is 11.3 Å². The Bertz CT molecular complexity index is 1050. The molecule has 0 saturated carbocycles. The van der Waals surface area contributed by atoms with Crippen molar-refractivity contribution >= 4 is 27.2 Å². The third-order valence-corrected chi connectivity index (χ3v) is 4.29. The first-order valence-electron chi connectivity index (χ1n) is 6.97. The van der Waals surface area contributed by atoms with E-state index in [0.29, 0.717) is 27.4 Å². The molecule has 2 aromatic carbocycles. The predicted octanol–water partition coefficient (Wildman–Crippen LogP) is 3.71. The molecule has 4 rings (SSSR count). The van der Waals surface area contributed by atoms with Crippen LogP contribution in [0.5, 0.6) is 17.2 Å². The fourth-order valence-corrected chi connectivity index (χ4v) is 3.13. The number of hydrogen-bond acceptors (Lipinski definition) is 5. The number of ether oxygens (including phenoxy) is 2. The minimum absolute atomic E-state index is 0.129. The molecule has 2 heterocycles. The van der Waals surface area contributed by atoms with Crippen molar-refractivity contribution in [1.29, 1.82) is 0 Å². The summed E-state index contributed by atoms with van der Waals surface area (Å²) >= 11 is 1.43. The van der Waals surface area contributed by atoms with E-state index in [1.807, 2.05) is 29.6 Å². The van der Waals surface area contributed by atoms with E-state index in [0.717, 1.165) is 5.75 Å². The van der Waals surface area contributed by atoms with Gasteiger partial charge in [0.15, 0.2) is 4.96 Å². The van der Waals surface area contributed by atoms with Gasteiger partial charge in [0, 0.05) is 11.6 Å². The standard InChI is InChI=1S/C17H12N2O3S/c1-21-11-5-7-12(8-6-11)22-14-4-2-3-13-15(14)16(20)19-9-10-23-17(19)18-13/h2-10H,1H3. The largest absolute Gasteiger partial charge is 0.497 e. The predicted molar refractivity (Wildman–Crippen MR) is 89.9 cm³/mol. The lowest BCUT2D eigenvalue weighted by Gasteiger charge is -2.09. The normalized spacial score (nSPS) is 11.0. The molecule has 4 aromatic rings. The van der Waals surface area contributed by atoms with Gasteiger partial charge in [0.25, 0.3) is 5.56 Å². The van der Waals surface area contributed by atoms with Gasteiger partial charge in [0.05, 0.1) is 12.6 Å². The number of thiazole rings is 1. The molecule has 0 unspecified atom stereocenters. The van der Waals surface area contributed by atoms with Gasteiger partial charge >= 0.3 is 0 Å². The number of nitrogens with zero attached hydrogens (tertiary/aromatic N) is 2. The molecule has 0 atom stereocenters. The van der Waals surface area contributed by atoms with Crippen LogP contribution in [0.2, 0.25) is 0 Å². The summed E-state index contributed by atoms with van der Waals surface area (Å²) in [7, 11) is 1.61. The van der Waals surface area contributed by atoms with Gasteiger partial charge in [-0.2, -0.15) is 0 Å². The summed E-state index contributed by atoms with van der Waals surface area (Å²) in [5.41, 5.74) is 0.499. The van der Waals surface area contributed by atoms with Crippen LogP contribution in [0.3, 0.4) is 0 Å². The number of benzene rings is 2. The molecule has 0 aliphatic rings. The zero-order valence-corrected chi connectivity index (χ0v) is 13.0. The maximum absolute atomic E-state index is 12.7. The van der Waals surface area contributed by atoms with Crippen LogP contribution in [-0.4, -0.2) is 16.5 Å². The number of fused-ring (bicyclic) bond motifs is 2. The number of methoxy groups -OCH3 is 1. The molecule has 6 heteroatoms. The van der Waals surface area contributed by atoms with Gasteiger partial charge < -0.3 is 9.47 Å². The Morgan fingerprint density at radius 2 is 1.87 bits per heavy atom. The molecular weight excluding hydrogens is 312 g/mol. The van der Waals surface area contributed by atoms with Gasteiger partial charge in [-0.1, -0.05) is 6.07 Å². The molecule has 114 valence electrons. The lowest BCUT2D eigenvalue weighted by Crippen LogP contribution is -2.13. The first-order chi connectivity index (χ1) is 11.3. The van der Waals surface area contributed by atoms with E-state index in [2.05, 4.69) is 4.98 Å². The smallest absolute Gasteiger partial charge is 0.270 e. The molecule has 0 amide bonds. The average Bonchev–Trinajstić information content (AvgIpc) is 3.04. The van der Waals surface area contributed by atoms with Gasteiger partial charge in [0.1, 0.15) is 22.6 Å². The maximum atomic E-state index is 12.7. The quantitative estimate of drug-likeness (QED) is 0.576. The Kier molecular flexibility index (Phi) is 3.24. The highest BCUT2D eigenvalue weighted by molar-refractivity contribution is 7.15. The maximum Gasteiger partial charge on any atom is 0.270 e. The van der Waals surface area contributed by atoms with Crippen LogP contribution in [0, 0.1) is 0 Å². The Balaban J connectivity index is 1.87. The van der Waals surface area contributed by atoms with Crippen LogP contribution in [0.1, 0.15) is 0 Å². The monoisotopic (exact) mass is 324 g/mol. The SMILES string of the molecule is COc1ccc(Oc2cccc3nc4sccn4c(=O)c23)cc1. The molecule has 2 aromatic heterocycles. The minimum atomic E-state index is -0.129. The van der Waals surface area contributed by atoms with Crippen molar-refractivity contribution < 1.29 is 9.47 Å². The zero-order chi connectivity index (χ0) is 15.8. The topological polar surface area (TPSA) is 52.8 Å². The molecular formula is C17H12N2O3S. The Labute approximate surface area is 135 Å². The number of rotatable bonds is 3. The third-order valence-electron chi connectivity index (χ3n) is 3.53. The van der Waals surface area contributed by atoms with Gasteiger partial charge in [-0.3, -0.25) is 9.20 Å². The molecule has 0 aliphatic carbocycles. The van der Waals surface area contributed by atoms with Gasteiger partial charge in [-0.15, -0.1) is 11.3 Å². The minimum Gasteiger partial charge on any atom is -0.497 e. The first kappa shape index (κ1) is 13.8. The molecule has 23 heavy (non-hydrogen) atoms. The van der Waals surface area contributed by atoms with E-state index in [1.165, 1.54) is 15.7 Å². The summed E-state index contributed by atoms with van der Waals surface area (Å²) in [5.74, 6) is 1.87. The second-order valence-electron chi connectivity index (χ2n) is 4.90. The first-order valence-corrected chi connectivity index (χ1v) is 7.85. The highest BCUT2D eigenvalue weighted by Crippen LogP contribution is 2.28. The molecule has 0 fully saturated rings. The van der Waals surface area contributed by atoms with Crippen molar-refractivity contribution in [3.63, 3.8) is 0 Å². The van der Waals surface area contributed by atoms with E-state index in [9.17, 15) is 4.79 Å². The van der Waals surface area contributed by atoms with Crippen LogP contribution in [0.15, 0.2) is 58.8 Å². The van der Waals surface area contributed by atoms with Crippen LogP contribution < -0.4 is 15.0 Å². The Morgan fingerprint density at radius 3 is 2.65 bits per heavy atom. The number of hydrogen-bond donors (Lipinski definition) is 0. The lowest BCUT2D eigenvalue weighted by atomic mass is 10.2. The molecule has 0 spiro atoms. The fourth-order valence-electron chi connectivity index (χ4n) is 2.41. The molecule has 0 aliphatic heterocycles. The number of aromatic nitrogens is 2. The molecule has 0 radical (unpaired) electrons. The summed E-state index contributed by atoms with van der Waals surface area (Å²) in [6.45, 7) is 0. The summed E-state index contributed by atoms with van der Waals surface area (Å²) in [5, 5.41) is 2.31. The van der Waals surface area contributed by atoms with Crippen LogP contribution in [0.25, 0.3) is 15.9 Å². The van der Waals surface area contributed by atoms with Crippen molar-refractivity contribution in [2.75, 3.05) is 7.11 Å². The van der Waals surface area contributed by atoms with E-state index in [-0.39, 0.29) is 5.56 Å². The van der Waals surface area contributed by atoms with Gasteiger partial charge in [0.2, 0.25) is 0 Å². The van der Waals surface area contributed by atoms with E-state index >= 15 is 0 Å². The van der Waals surface area contributed by atoms with E-state index in [4.69, 9.17) is 9.47 Å². The van der Waals surface area contributed by atoms with Crippen molar-refractivity contribution in [1.82, 2.24) is 9.38 Å². The van der Waals surface area contributed by atoms with E-state index in [1.54, 1.807) is 31.5 Å². The highest BCUT2D eigenvalue weighted by Gasteiger charge is 2.12. The Hall–Kier alpha value is -2.86. The zero-order valence-electron chi connectivity index (χ0n) is 12.2. The molecule has 5 nitrogen and oxygen atoms in total. The van der Waals surface area contributed by atoms with E-state index < -0.39 is 0 Å². The lowest BCUT2D eigenvalue weighted by molar-refractivity contribution is 0.413. The highest BCUT2D eigenvalue weighted by atomic mass is 32.1. The van der Waals surface area contributed by atoms with Crippen LogP contribution in [0.4, 0.5) is 0 Å². The second kappa shape index (κ2) is 5.40. The fraction of sp³-hybridized carbons (Fsp3) is 0.0588. The average molecular weight is 324 g/mol. The summed E-state index contributed by atoms with van der Waals surface area (Å²) in [4.78, 5) is 17.9. The van der Waals surface area contributed by atoms with Gasteiger partial charge in [-0.05, 0) is 36.4 Å². The second-order valence-corrected chi connectivity index (χ2v) is 5.77. The summed E-state index contributed by atoms with van der Waals surface area (Å²) < 4.78 is 12.6. The van der Waals surface area contributed by atoms with Crippen LogP contribution in [-0.2, 0) is 0 Å². The van der Waals surface area contributed by atoms with Crippen molar-refractivity contribution in [3.8, 4) is 17.2 Å². The molecule has 0 saturated heterocycles.